The lowest BCUT2D eigenvalue weighted by Gasteiger charge is -2.30. The molecular formula is C44H91N2O6P. The van der Waals surface area contributed by atoms with Gasteiger partial charge in [0.05, 0.1) is 39.9 Å². The molecule has 0 aliphatic carbocycles. The Morgan fingerprint density at radius 1 is 0.585 bits per heavy atom. The monoisotopic (exact) mass is 775 g/mol. The minimum absolute atomic E-state index is 0.0153. The summed E-state index contributed by atoms with van der Waals surface area (Å²) < 4.78 is 23.1. The maximum absolute atomic E-state index is 12.8. The minimum atomic E-state index is -4.55. The van der Waals surface area contributed by atoms with Gasteiger partial charge in [-0.3, -0.25) is 9.36 Å². The summed E-state index contributed by atoms with van der Waals surface area (Å²) in [5.41, 5.74) is 0. The number of hydrogen-bond donors (Lipinski definition) is 2. The lowest BCUT2D eigenvalue weighted by atomic mass is 10.0. The van der Waals surface area contributed by atoms with Crippen molar-refractivity contribution in [3.63, 3.8) is 0 Å². The summed E-state index contributed by atoms with van der Waals surface area (Å²) in [5.74, 6) is -0.164. The molecule has 8 nitrogen and oxygen atoms in total. The van der Waals surface area contributed by atoms with Crippen LogP contribution in [0.4, 0.5) is 0 Å². The van der Waals surface area contributed by atoms with Crippen LogP contribution in [-0.4, -0.2) is 68.5 Å². The molecule has 0 aromatic heterocycles. The van der Waals surface area contributed by atoms with Gasteiger partial charge in [0.1, 0.15) is 13.2 Å². The third-order valence-corrected chi connectivity index (χ3v) is 11.6. The molecule has 1 amide bonds. The topological polar surface area (TPSA) is 108 Å². The first-order valence-corrected chi connectivity index (χ1v) is 24.3. The summed E-state index contributed by atoms with van der Waals surface area (Å²) in [5, 5.41) is 13.8. The van der Waals surface area contributed by atoms with Crippen LogP contribution in [0.2, 0.25) is 0 Å². The fourth-order valence-corrected chi connectivity index (χ4v) is 7.65. The van der Waals surface area contributed by atoms with E-state index in [1.54, 1.807) is 0 Å². The normalized spacial score (nSPS) is 14.3. The molecule has 9 heteroatoms. The molecule has 0 heterocycles. The first-order valence-electron chi connectivity index (χ1n) is 22.9. The number of aliphatic hydroxyl groups is 1. The largest absolute Gasteiger partial charge is 0.756 e. The Morgan fingerprint density at radius 3 is 1.28 bits per heavy atom. The molecule has 2 N–H and O–H groups in total. The number of quaternary nitrogens is 1. The Morgan fingerprint density at radius 2 is 0.925 bits per heavy atom. The van der Waals surface area contributed by atoms with Crippen LogP contribution in [0.1, 0.15) is 226 Å². The van der Waals surface area contributed by atoms with Gasteiger partial charge in [-0.05, 0) is 12.8 Å². The third-order valence-electron chi connectivity index (χ3n) is 10.6. The Bertz CT molecular complexity index is 839. The molecule has 0 fully saturated rings. The van der Waals surface area contributed by atoms with E-state index < -0.39 is 20.0 Å². The molecular weight excluding hydrogens is 683 g/mol. The Hall–Kier alpha value is -0.500. The summed E-state index contributed by atoms with van der Waals surface area (Å²) in [7, 11) is 1.31. The van der Waals surface area contributed by atoms with Gasteiger partial charge in [0, 0.05) is 6.42 Å². The maximum Gasteiger partial charge on any atom is 0.268 e. The van der Waals surface area contributed by atoms with Crippen molar-refractivity contribution in [3.8, 4) is 0 Å². The van der Waals surface area contributed by atoms with Crippen LogP contribution >= 0.6 is 7.82 Å². The summed E-state index contributed by atoms with van der Waals surface area (Å²) in [6.07, 6.45) is 40.0. The number of nitrogens with zero attached hydrogens (tertiary/aromatic N) is 1. The molecule has 3 atom stereocenters. The van der Waals surface area contributed by atoms with Crippen molar-refractivity contribution >= 4 is 13.7 Å². The predicted molar refractivity (Wildman–Crippen MR) is 224 cm³/mol. The van der Waals surface area contributed by atoms with E-state index in [1.165, 1.54) is 161 Å². The number of carbonyl (C=O) groups excluding carboxylic acids is 1. The van der Waals surface area contributed by atoms with E-state index in [-0.39, 0.29) is 19.1 Å². The van der Waals surface area contributed by atoms with Crippen LogP contribution in [0.3, 0.4) is 0 Å². The number of hydrogen-bond acceptors (Lipinski definition) is 6. The van der Waals surface area contributed by atoms with Crippen LogP contribution in [0.15, 0.2) is 0 Å². The zero-order valence-corrected chi connectivity index (χ0v) is 36.9. The molecule has 3 unspecified atom stereocenters. The van der Waals surface area contributed by atoms with Gasteiger partial charge in [0.25, 0.3) is 7.82 Å². The summed E-state index contributed by atoms with van der Waals surface area (Å²) in [6, 6.07) is -0.791. The molecule has 0 saturated carbocycles. The van der Waals surface area contributed by atoms with E-state index in [9.17, 15) is 19.4 Å². The number of phosphoric ester groups is 1. The highest BCUT2D eigenvalue weighted by Crippen LogP contribution is 2.38. The van der Waals surface area contributed by atoms with Crippen molar-refractivity contribution < 1.29 is 32.9 Å². The lowest BCUT2D eigenvalue weighted by Crippen LogP contribution is -2.46. The lowest BCUT2D eigenvalue weighted by molar-refractivity contribution is -0.870. The van der Waals surface area contributed by atoms with E-state index in [0.29, 0.717) is 23.9 Å². The first kappa shape index (κ1) is 52.5. The third kappa shape index (κ3) is 39.5. The zero-order valence-electron chi connectivity index (χ0n) is 36.0. The van der Waals surface area contributed by atoms with Crippen LogP contribution in [0.5, 0.6) is 0 Å². The van der Waals surface area contributed by atoms with Crippen LogP contribution < -0.4 is 10.2 Å². The number of amides is 1. The highest BCUT2D eigenvalue weighted by Gasteiger charge is 2.24. The Labute approximate surface area is 329 Å². The summed E-state index contributed by atoms with van der Waals surface area (Å²) >= 11 is 0. The van der Waals surface area contributed by atoms with Gasteiger partial charge in [-0.2, -0.15) is 0 Å². The average molecular weight is 775 g/mol. The molecule has 0 aliphatic heterocycles. The van der Waals surface area contributed by atoms with Gasteiger partial charge in [0.15, 0.2) is 0 Å². The predicted octanol–water partition coefficient (Wildman–Crippen LogP) is 12.0. The van der Waals surface area contributed by atoms with Gasteiger partial charge < -0.3 is 28.8 Å². The van der Waals surface area contributed by atoms with Crippen molar-refractivity contribution in [2.45, 2.75) is 238 Å². The van der Waals surface area contributed by atoms with Crippen molar-refractivity contribution in [1.82, 2.24) is 5.32 Å². The second-order valence-corrected chi connectivity index (χ2v) is 18.5. The van der Waals surface area contributed by atoms with E-state index in [2.05, 4.69) is 19.2 Å². The number of nitrogens with one attached hydrogen (secondary N) is 1. The number of aliphatic hydroxyl groups excluding tert-OH is 1. The fraction of sp³-hybridized carbons (Fsp3) is 0.977. The quantitative estimate of drug-likeness (QED) is 0.0363. The Balaban J connectivity index is 4.01. The molecule has 0 aromatic carbocycles. The number of rotatable bonds is 42. The number of likely N-dealkylation sites (N-methyl/N-ethyl adjacent to an activating group) is 1. The molecule has 0 radical (unpaired) electrons. The van der Waals surface area contributed by atoms with E-state index in [4.69, 9.17) is 9.05 Å². The molecule has 0 rings (SSSR count). The average Bonchev–Trinajstić information content (AvgIpc) is 3.10. The van der Waals surface area contributed by atoms with Gasteiger partial charge in [-0.25, -0.2) is 0 Å². The van der Waals surface area contributed by atoms with Gasteiger partial charge in [-0.1, -0.05) is 206 Å². The van der Waals surface area contributed by atoms with Gasteiger partial charge >= 0.3 is 0 Å². The molecule has 0 aromatic rings. The van der Waals surface area contributed by atoms with Crippen molar-refractivity contribution in [2.24, 2.45) is 0 Å². The van der Waals surface area contributed by atoms with E-state index in [0.717, 1.165) is 38.5 Å². The maximum atomic E-state index is 12.8. The smallest absolute Gasteiger partial charge is 0.268 e. The standard InChI is InChI=1S/C44H91N2O6P/c1-6-8-10-12-14-15-16-17-18-19-20-21-22-23-24-25-26-27-28-29-30-32-34-36-38-44(48)45-42(43(47)37-35-33-31-13-11-9-7-2)41-52-53(49,50)51-40-39-46(3,4)5/h42-43,47H,6-41H2,1-5H3,(H-,45,48,49,50). The van der Waals surface area contributed by atoms with Gasteiger partial charge in [-0.15, -0.1) is 0 Å². The molecule has 0 bridgehead atoms. The van der Waals surface area contributed by atoms with Crippen molar-refractivity contribution in [1.29, 1.82) is 0 Å². The van der Waals surface area contributed by atoms with E-state index >= 15 is 0 Å². The second-order valence-electron chi connectivity index (χ2n) is 17.1. The minimum Gasteiger partial charge on any atom is -0.756 e. The molecule has 0 aliphatic rings. The highest BCUT2D eigenvalue weighted by molar-refractivity contribution is 7.45. The van der Waals surface area contributed by atoms with Gasteiger partial charge in [0.2, 0.25) is 5.91 Å². The molecule has 0 spiro atoms. The molecule has 53 heavy (non-hydrogen) atoms. The second kappa shape index (κ2) is 37.1. The SMILES string of the molecule is CCCCCCCCCCCCCCCCCCCCCCCCCCC(=O)NC(COP(=O)([O-])OCC[N+](C)(C)C)C(O)CCCCCCCCC. The molecule has 318 valence electrons. The number of unbranched alkanes of at least 4 members (excludes halogenated alkanes) is 29. The summed E-state index contributed by atoms with van der Waals surface area (Å²) in [4.78, 5) is 25.2. The first-order chi connectivity index (χ1) is 25.5. The molecule has 0 saturated heterocycles. The number of carbonyl (C=O) groups is 1. The van der Waals surface area contributed by atoms with Crippen LogP contribution in [0, 0.1) is 0 Å². The fourth-order valence-electron chi connectivity index (χ4n) is 6.92. The zero-order chi connectivity index (χ0) is 39.3. The van der Waals surface area contributed by atoms with Crippen LogP contribution in [-0.2, 0) is 18.4 Å². The van der Waals surface area contributed by atoms with Crippen molar-refractivity contribution in [2.75, 3.05) is 40.9 Å². The van der Waals surface area contributed by atoms with E-state index in [1.807, 2.05) is 21.1 Å². The number of phosphoric acid groups is 1. The summed E-state index contributed by atoms with van der Waals surface area (Å²) in [6.45, 7) is 4.69. The van der Waals surface area contributed by atoms with Crippen LogP contribution in [0.25, 0.3) is 0 Å². The Kier molecular flexibility index (Phi) is 36.7. The van der Waals surface area contributed by atoms with Crippen molar-refractivity contribution in [3.05, 3.63) is 0 Å². The highest BCUT2D eigenvalue weighted by atomic mass is 31.2.